The first-order valence-electron chi connectivity index (χ1n) is 5.12. The van der Waals surface area contributed by atoms with Gasteiger partial charge in [0.05, 0.1) is 13.7 Å². The first-order valence-corrected chi connectivity index (χ1v) is 5.12. The molecule has 0 N–H and O–H groups in total. The number of carbonyl (C=O) groups is 2. The molecule has 1 rings (SSSR count). The van der Waals surface area contributed by atoms with Crippen molar-refractivity contribution in [1.29, 1.82) is 0 Å². The first-order chi connectivity index (χ1) is 7.11. The molecule has 0 bridgehead atoms. The summed E-state index contributed by atoms with van der Waals surface area (Å²) < 4.78 is 9.53. The Morgan fingerprint density at radius 1 is 1.53 bits per heavy atom. The monoisotopic (exact) mass is 215 g/mol. The van der Waals surface area contributed by atoms with Crippen LogP contribution in [0.3, 0.4) is 0 Å². The minimum absolute atomic E-state index is 0.280. The van der Waals surface area contributed by atoms with Gasteiger partial charge in [-0.25, -0.2) is 0 Å². The van der Waals surface area contributed by atoms with Crippen LogP contribution in [-0.2, 0) is 19.1 Å². The fraction of sp³-hybridized carbons (Fsp3) is 0.800. The minimum Gasteiger partial charge on any atom is -0.468 e. The van der Waals surface area contributed by atoms with Gasteiger partial charge in [0.1, 0.15) is 12.1 Å². The lowest BCUT2D eigenvalue weighted by atomic mass is 10.0. The largest absolute Gasteiger partial charge is 0.468 e. The number of hydrogen-bond acceptors (Lipinski definition) is 5. The van der Waals surface area contributed by atoms with E-state index in [1.165, 1.54) is 7.11 Å². The summed E-state index contributed by atoms with van der Waals surface area (Å²) in [5, 5.41) is 0. The average Bonchev–Trinajstić information content (AvgIpc) is 2.16. The Kier molecular flexibility index (Phi) is 4.08. The highest BCUT2D eigenvalue weighted by Gasteiger charge is 2.40. The zero-order valence-corrected chi connectivity index (χ0v) is 9.36. The lowest BCUT2D eigenvalue weighted by Gasteiger charge is -2.41. The Morgan fingerprint density at radius 2 is 2.20 bits per heavy atom. The van der Waals surface area contributed by atoms with Crippen molar-refractivity contribution < 1.29 is 19.1 Å². The number of esters is 2. The molecule has 5 heteroatoms. The Balaban J connectivity index is 2.50. The van der Waals surface area contributed by atoms with Gasteiger partial charge in [-0.05, 0) is 20.3 Å². The van der Waals surface area contributed by atoms with Crippen LogP contribution in [-0.4, -0.2) is 49.2 Å². The fourth-order valence-electron chi connectivity index (χ4n) is 1.66. The molecule has 1 saturated heterocycles. The van der Waals surface area contributed by atoms with E-state index in [-0.39, 0.29) is 24.0 Å². The zero-order chi connectivity index (χ0) is 11.4. The van der Waals surface area contributed by atoms with E-state index < -0.39 is 0 Å². The molecule has 86 valence electrons. The number of likely N-dealkylation sites (tertiary alicyclic amines) is 1. The summed E-state index contributed by atoms with van der Waals surface area (Å²) in [5.74, 6) is -0.566. The Bertz CT molecular complexity index is 254. The lowest BCUT2D eigenvalue weighted by molar-refractivity contribution is -0.161. The molecule has 0 radical (unpaired) electrons. The van der Waals surface area contributed by atoms with E-state index in [0.29, 0.717) is 6.61 Å². The second-order valence-corrected chi connectivity index (χ2v) is 3.49. The normalized spacial score (nSPS) is 22.7. The van der Waals surface area contributed by atoms with Crippen LogP contribution in [0.5, 0.6) is 0 Å². The summed E-state index contributed by atoms with van der Waals surface area (Å²) in [6.07, 6.45) is 0.746. The second-order valence-electron chi connectivity index (χ2n) is 3.49. The van der Waals surface area contributed by atoms with Gasteiger partial charge in [-0.3, -0.25) is 14.5 Å². The van der Waals surface area contributed by atoms with Crippen LogP contribution in [0, 0.1) is 0 Å². The van der Waals surface area contributed by atoms with E-state index in [9.17, 15) is 9.59 Å². The molecular formula is C10H17NO4. The average molecular weight is 215 g/mol. The number of nitrogens with zero attached hydrogens (tertiary/aromatic N) is 1. The van der Waals surface area contributed by atoms with Gasteiger partial charge in [-0.1, -0.05) is 0 Å². The Hall–Kier alpha value is -1.10. The van der Waals surface area contributed by atoms with Crippen molar-refractivity contribution in [3.05, 3.63) is 0 Å². The molecule has 1 fully saturated rings. The van der Waals surface area contributed by atoms with Crippen LogP contribution in [0.4, 0.5) is 0 Å². The summed E-state index contributed by atoms with van der Waals surface area (Å²) in [7, 11) is 1.36. The number of rotatable bonds is 4. The highest BCUT2D eigenvalue weighted by molar-refractivity contribution is 5.80. The number of ether oxygens (including phenoxy) is 2. The summed E-state index contributed by atoms with van der Waals surface area (Å²) in [4.78, 5) is 24.5. The molecule has 0 aromatic rings. The SMILES string of the molecule is CCOC(=O)C(C)N1CCC1C(=O)OC. The van der Waals surface area contributed by atoms with Gasteiger partial charge >= 0.3 is 11.9 Å². The van der Waals surface area contributed by atoms with Crippen LogP contribution >= 0.6 is 0 Å². The molecule has 5 nitrogen and oxygen atoms in total. The third-order valence-electron chi connectivity index (χ3n) is 2.66. The Morgan fingerprint density at radius 3 is 2.60 bits per heavy atom. The molecule has 0 saturated carbocycles. The maximum Gasteiger partial charge on any atom is 0.323 e. The van der Waals surface area contributed by atoms with Crippen molar-refractivity contribution >= 4 is 11.9 Å². The molecule has 15 heavy (non-hydrogen) atoms. The second kappa shape index (κ2) is 5.11. The molecule has 1 aliphatic rings. The molecule has 2 atom stereocenters. The molecule has 0 amide bonds. The first kappa shape index (κ1) is 12.0. The van der Waals surface area contributed by atoms with Crippen molar-refractivity contribution in [3.8, 4) is 0 Å². The van der Waals surface area contributed by atoms with Gasteiger partial charge in [0.15, 0.2) is 0 Å². The highest BCUT2D eigenvalue weighted by atomic mass is 16.5. The van der Waals surface area contributed by atoms with Crippen molar-refractivity contribution in [2.24, 2.45) is 0 Å². The number of hydrogen-bond donors (Lipinski definition) is 0. The quantitative estimate of drug-likeness (QED) is 0.626. The van der Waals surface area contributed by atoms with Gasteiger partial charge in [-0.2, -0.15) is 0 Å². The maximum atomic E-state index is 11.4. The fourth-order valence-corrected chi connectivity index (χ4v) is 1.66. The summed E-state index contributed by atoms with van der Waals surface area (Å²) in [6, 6.07) is -0.655. The Labute approximate surface area is 89.3 Å². The molecular weight excluding hydrogens is 198 g/mol. The van der Waals surface area contributed by atoms with Gasteiger partial charge in [-0.15, -0.1) is 0 Å². The standard InChI is InChI=1S/C10H17NO4/c1-4-15-9(12)7(2)11-6-5-8(11)10(13)14-3/h7-8H,4-6H2,1-3H3. The van der Waals surface area contributed by atoms with Crippen LogP contribution in [0.15, 0.2) is 0 Å². The summed E-state index contributed by atoms with van der Waals surface area (Å²) >= 11 is 0. The molecule has 1 aliphatic heterocycles. The van der Waals surface area contributed by atoms with Crippen LogP contribution in [0.2, 0.25) is 0 Å². The smallest absolute Gasteiger partial charge is 0.323 e. The maximum absolute atomic E-state index is 11.4. The van der Waals surface area contributed by atoms with E-state index in [4.69, 9.17) is 4.74 Å². The topological polar surface area (TPSA) is 55.8 Å². The van der Waals surface area contributed by atoms with Gasteiger partial charge in [0.25, 0.3) is 0 Å². The van der Waals surface area contributed by atoms with Gasteiger partial charge in [0.2, 0.25) is 0 Å². The van der Waals surface area contributed by atoms with Gasteiger partial charge < -0.3 is 9.47 Å². The van der Waals surface area contributed by atoms with Crippen molar-refractivity contribution in [3.63, 3.8) is 0 Å². The lowest BCUT2D eigenvalue weighted by Crippen LogP contribution is -2.58. The van der Waals surface area contributed by atoms with E-state index in [0.717, 1.165) is 13.0 Å². The van der Waals surface area contributed by atoms with Crippen LogP contribution < -0.4 is 0 Å². The third-order valence-corrected chi connectivity index (χ3v) is 2.66. The molecule has 0 spiro atoms. The zero-order valence-electron chi connectivity index (χ0n) is 9.36. The van der Waals surface area contributed by atoms with Crippen molar-refractivity contribution in [2.45, 2.75) is 32.4 Å². The van der Waals surface area contributed by atoms with Crippen molar-refractivity contribution in [2.75, 3.05) is 20.3 Å². The molecule has 0 aromatic carbocycles. The molecule has 0 aliphatic carbocycles. The molecule has 2 unspecified atom stereocenters. The van der Waals surface area contributed by atoms with E-state index in [1.54, 1.807) is 18.7 Å². The van der Waals surface area contributed by atoms with Crippen LogP contribution in [0.1, 0.15) is 20.3 Å². The van der Waals surface area contributed by atoms with E-state index in [2.05, 4.69) is 4.74 Å². The highest BCUT2D eigenvalue weighted by Crippen LogP contribution is 2.22. The molecule has 1 heterocycles. The van der Waals surface area contributed by atoms with Crippen LogP contribution in [0.25, 0.3) is 0 Å². The minimum atomic E-state index is -0.372. The number of carbonyl (C=O) groups excluding carboxylic acids is 2. The predicted octanol–water partition coefficient (Wildman–Crippen LogP) is 0.185. The summed E-state index contributed by atoms with van der Waals surface area (Å²) in [5.41, 5.74) is 0. The van der Waals surface area contributed by atoms with E-state index in [1.807, 2.05) is 0 Å². The number of methoxy groups -OCH3 is 1. The predicted molar refractivity (Wildman–Crippen MR) is 53.2 cm³/mol. The molecule has 0 aromatic heterocycles. The van der Waals surface area contributed by atoms with Crippen molar-refractivity contribution in [1.82, 2.24) is 4.90 Å². The third kappa shape index (κ3) is 2.47. The van der Waals surface area contributed by atoms with Gasteiger partial charge in [0, 0.05) is 6.54 Å². The summed E-state index contributed by atoms with van der Waals surface area (Å²) in [6.45, 7) is 4.60. The van der Waals surface area contributed by atoms with E-state index >= 15 is 0 Å².